The Hall–Kier alpha value is -2.85. The number of anilines is 1. The molecule has 0 radical (unpaired) electrons. The molecule has 1 aliphatic carbocycles. The zero-order valence-corrected chi connectivity index (χ0v) is 24.1. The van der Waals surface area contributed by atoms with E-state index >= 15 is 0 Å². The molecular formula is C33H42ClNO3. The van der Waals surface area contributed by atoms with Crippen LogP contribution in [0.5, 0.6) is 17.2 Å². The molecule has 1 aliphatic heterocycles. The molecule has 2 aromatic carbocycles. The minimum atomic E-state index is -0.180. The number of hydrogen-bond donors (Lipinski definition) is 2. The molecule has 0 fully saturated rings. The van der Waals surface area contributed by atoms with Gasteiger partial charge >= 0.3 is 0 Å². The molecule has 2 aromatic rings. The Kier molecular flexibility index (Phi) is 9.15. The lowest BCUT2D eigenvalue weighted by molar-refractivity contribution is 0.403. The minimum Gasteiger partial charge on any atom is -0.504 e. The summed E-state index contributed by atoms with van der Waals surface area (Å²) in [6.45, 7) is 7.84. The average molecular weight is 536 g/mol. The van der Waals surface area contributed by atoms with Gasteiger partial charge in [-0.3, -0.25) is 0 Å². The monoisotopic (exact) mass is 535 g/mol. The number of benzene rings is 2. The molecule has 0 unspecified atom stereocenters. The summed E-state index contributed by atoms with van der Waals surface area (Å²) in [6.07, 6.45) is 14.8. The first kappa shape index (κ1) is 28.2. The largest absolute Gasteiger partial charge is 0.504 e. The number of aromatic hydroxyl groups is 2. The van der Waals surface area contributed by atoms with Gasteiger partial charge in [0.2, 0.25) is 0 Å². The average Bonchev–Trinajstić information content (AvgIpc) is 3.11. The van der Waals surface area contributed by atoms with Crippen molar-refractivity contribution in [3.63, 3.8) is 0 Å². The fraction of sp³-hybridized carbons (Fsp3) is 0.455. The van der Waals surface area contributed by atoms with Crippen LogP contribution < -0.4 is 9.64 Å². The summed E-state index contributed by atoms with van der Waals surface area (Å²) in [7, 11) is 1.73. The summed E-state index contributed by atoms with van der Waals surface area (Å²) in [5.41, 5.74) is 6.70. The number of rotatable bonds is 10. The van der Waals surface area contributed by atoms with E-state index in [0.29, 0.717) is 0 Å². The van der Waals surface area contributed by atoms with E-state index in [-0.39, 0.29) is 16.9 Å². The second-order valence-electron chi connectivity index (χ2n) is 11.1. The van der Waals surface area contributed by atoms with Gasteiger partial charge in [0.05, 0.1) is 7.11 Å². The molecule has 0 saturated carbocycles. The van der Waals surface area contributed by atoms with Crippen LogP contribution in [-0.4, -0.2) is 23.9 Å². The van der Waals surface area contributed by atoms with Crippen LogP contribution in [0.15, 0.2) is 64.3 Å². The van der Waals surface area contributed by atoms with Crippen LogP contribution in [0.4, 0.5) is 5.69 Å². The minimum absolute atomic E-state index is 0.118. The van der Waals surface area contributed by atoms with Crippen LogP contribution in [0.3, 0.4) is 0 Å². The maximum absolute atomic E-state index is 9.93. The number of halogens is 1. The number of methoxy groups -OCH3 is 1. The van der Waals surface area contributed by atoms with Gasteiger partial charge in [-0.1, -0.05) is 76.6 Å². The summed E-state index contributed by atoms with van der Waals surface area (Å²) in [5, 5.41) is 20.4. The highest BCUT2D eigenvalue weighted by Crippen LogP contribution is 2.50. The molecule has 0 spiro atoms. The van der Waals surface area contributed by atoms with Crippen molar-refractivity contribution in [2.24, 2.45) is 0 Å². The Morgan fingerprint density at radius 3 is 2.45 bits per heavy atom. The molecule has 0 aromatic heterocycles. The molecule has 5 heteroatoms. The van der Waals surface area contributed by atoms with Gasteiger partial charge < -0.3 is 19.8 Å². The van der Waals surface area contributed by atoms with Crippen molar-refractivity contribution in [3.05, 3.63) is 75.5 Å². The van der Waals surface area contributed by atoms with Crippen molar-refractivity contribution in [1.82, 2.24) is 0 Å². The van der Waals surface area contributed by atoms with Crippen molar-refractivity contribution < 1.29 is 14.9 Å². The van der Waals surface area contributed by atoms with Gasteiger partial charge in [0.1, 0.15) is 5.75 Å². The van der Waals surface area contributed by atoms with E-state index in [2.05, 4.69) is 49.9 Å². The van der Waals surface area contributed by atoms with Crippen LogP contribution in [0.2, 0.25) is 0 Å². The number of phenols is 2. The number of phenolic OH excluding ortho intramolecular Hbond substituents is 2. The van der Waals surface area contributed by atoms with Gasteiger partial charge in [0.15, 0.2) is 11.5 Å². The SMILES string of the molecule is CCCCCCCCN1/C(=C/C2=C(Cl)C(=C/c3ccc(O)c(O)c3)/CCC2)C(C)(C)c2cc(OC)ccc21. The van der Waals surface area contributed by atoms with Crippen molar-refractivity contribution >= 4 is 23.4 Å². The quantitative estimate of drug-likeness (QED) is 0.235. The summed E-state index contributed by atoms with van der Waals surface area (Å²) in [5.74, 6) is 0.645. The Balaban J connectivity index is 1.68. The molecule has 1 heterocycles. The third-order valence-electron chi connectivity index (χ3n) is 7.94. The molecule has 2 aliphatic rings. The van der Waals surface area contributed by atoms with E-state index < -0.39 is 0 Å². The Bertz CT molecular complexity index is 1240. The van der Waals surface area contributed by atoms with Crippen molar-refractivity contribution in [1.29, 1.82) is 0 Å². The van der Waals surface area contributed by atoms with E-state index in [9.17, 15) is 10.2 Å². The van der Waals surface area contributed by atoms with Gasteiger partial charge in [-0.05, 0) is 84.4 Å². The molecule has 0 saturated heterocycles. The lowest BCUT2D eigenvalue weighted by Crippen LogP contribution is -2.27. The van der Waals surface area contributed by atoms with E-state index in [0.717, 1.165) is 59.7 Å². The zero-order valence-electron chi connectivity index (χ0n) is 23.3. The van der Waals surface area contributed by atoms with Crippen LogP contribution in [0.25, 0.3) is 6.08 Å². The molecule has 0 bridgehead atoms. The second-order valence-corrected chi connectivity index (χ2v) is 11.4. The number of allylic oxidation sites excluding steroid dienone is 5. The normalized spacial score (nSPS) is 18.9. The first-order valence-electron chi connectivity index (χ1n) is 14.1. The highest BCUT2D eigenvalue weighted by molar-refractivity contribution is 6.33. The summed E-state index contributed by atoms with van der Waals surface area (Å²) < 4.78 is 5.58. The molecule has 204 valence electrons. The molecule has 2 N–H and O–H groups in total. The van der Waals surface area contributed by atoms with Crippen LogP contribution in [0, 0.1) is 0 Å². The number of ether oxygens (including phenoxy) is 1. The number of hydrogen-bond acceptors (Lipinski definition) is 4. The third kappa shape index (κ3) is 6.07. The van der Waals surface area contributed by atoms with Gasteiger partial charge in [0, 0.05) is 28.4 Å². The second kappa shape index (κ2) is 12.3. The molecule has 38 heavy (non-hydrogen) atoms. The highest BCUT2D eigenvalue weighted by atomic mass is 35.5. The number of nitrogens with zero attached hydrogens (tertiary/aromatic N) is 1. The Labute approximate surface area is 233 Å². The Morgan fingerprint density at radius 2 is 1.71 bits per heavy atom. The Morgan fingerprint density at radius 1 is 0.947 bits per heavy atom. The lowest BCUT2D eigenvalue weighted by Gasteiger charge is -2.29. The molecule has 0 amide bonds. The van der Waals surface area contributed by atoms with Crippen LogP contribution in [-0.2, 0) is 5.41 Å². The topological polar surface area (TPSA) is 52.9 Å². The number of unbranched alkanes of at least 4 members (excludes halogenated alkanes) is 5. The van der Waals surface area contributed by atoms with Crippen LogP contribution in [0.1, 0.15) is 89.7 Å². The van der Waals surface area contributed by atoms with Gasteiger partial charge in [-0.15, -0.1) is 0 Å². The smallest absolute Gasteiger partial charge is 0.157 e. The standard InChI is InChI=1S/C33H42ClNO3/c1-5-6-7-8-9-10-18-35-28-16-15-26(38-4)22-27(28)33(2,3)31(35)21-25-13-11-12-24(32(25)34)19-23-14-17-29(36)30(37)20-23/h14-17,19-22,36-37H,5-13,18H2,1-4H3/b24-19+,31-21+. The van der Waals surface area contributed by atoms with Crippen LogP contribution >= 0.6 is 11.6 Å². The lowest BCUT2D eigenvalue weighted by atomic mass is 9.82. The molecule has 0 atom stereocenters. The fourth-order valence-corrected chi connectivity index (χ4v) is 5.99. The van der Waals surface area contributed by atoms with Crippen molar-refractivity contribution in [2.75, 3.05) is 18.6 Å². The summed E-state index contributed by atoms with van der Waals surface area (Å²) in [6, 6.07) is 11.3. The van der Waals surface area contributed by atoms with E-state index in [1.54, 1.807) is 19.2 Å². The van der Waals surface area contributed by atoms with Crippen molar-refractivity contribution in [2.45, 2.75) is 84.0 Å². The fourth-order valence-electron chi connectivity index (χ4n) is 5.70. The predicted octanol–water partition coefficient (Wildman–Crippen LogP) is 9.21. The first-order chi connectivity index (χ1) is 18.3. The van der Waals surface area contributed by atoms with E-state index in [1.165, 1.54) is 55.1 Å². The van der Waals surface area contributed by atoms with Gasteiger partial charge in [0.25, 0.3) is 0 Å². The summed E-state index contributed by atoms with van der Waals surface area (Å²) >= 11 is 7.04. The predicted molar refractivity (Wildman–Crippen MR) is 159 cm³/mol. The third-order valence-corrected chi connectivity index (χ3v) is 8.43. The van der Waals surface area contributed by atoms with Gasteiger partial charge in [-0.25, -0.2) is 0 Å². The van der Waals surface area contributed by atoms with Crippen molar-refractivity contribution in [3.8, 4) is 17.2 Å². The zero-order chi connectivity index (χ0) is 27.3. The maximum atomic E-state index is 9.93. The molecule has 4 rings (SSSR count). The first-order valence-corrected chi connectivity index (χ1v) is 14.4. The highest BCUT2D eigenvalue weighted by Gasteiger charge is 2.40. The maximum Gasteiger partial charge on any atom is 0.157 e. The summed E-state index contributed by atoms with van der Waals surface area (Å²) in [4.78, 5) is 2.50. The molecule has 4 nitrogen and oxygen atoms in total. The van der Waals surface area contributed by atoms with E-state index in [1.807, 2.05) is 6.08 Å². The molecular weight excluding hydrogens is 494 g/mol. The number of fused-ring (bicyclic) bond motifs is 1. The van der Waals surface area contributed by atoms with Gasteiger partial charge in [-0.2, -0.15) is 0 Å². The van der Waals surface area contributed by atoms with E-state index in [4.69, 9.17) is 16.3 Å².